The standard InChI is InChI=1S/C13H12FNO/c1-8-5-6-15-12(13(8)16)10-3-4-11(14)9(2)7-10/h3-7,16H,1-2H3. The molecule has 0 saturated heterocycles. The second-order valence-electron chi connectivity index (χ2n) is 3.79. The van der Waals surface area contributed by atoms with E-state index < -0.39 is 0 Å². The van der Waals surface area contributed by atoms with Gasteiger partial charge in [-0.2, -0.15) is 0 Å². The summed E-state index contributed by atoms with van der Waals surface area (Å²) in [6.07, 6.45) is 1.63. The molecule has 0 amide bonds. The van der Waals surface area contributed by atoms with Gasteiger partial charge >= 0.3 is 0 Å². The Hall–Kier alpha value is -1.90. The van der Waals surface area contributed by atoms with E-state index in [-0.39, 0.29) is 11.6 Å². The van der Waals surface area contributed by atoms with E-state index in [1.165, 1.54) is 6.07 Å². The van der Waals surface area contributed by atoms with Gasteiger partial charge in [-0.05, 0) is 49.2 Å². The second kappa shape index (κ2) is 3.93. The van der Waals surface area contributed by atoms with E-state index in [0.29, 0.717) is 11.3 Å². The topological polar surface area (TPSA) is 33.1 Å². The number of aromatic nitrogens is 1. The number of hydrogen-bond donors (Lipinski definition) is 1. The zero-order chi connectivity index (χ0) is 11.7. The average molecular weight is 217 g/mol. The lowest BCUT2D eigenvalue weighted by Gasteiger charge is -2.07. The van der Waals surface area contributed by atoms with Crippen LogP contribution in [0.25, 0.3) is 11.3 Å². The highest BCUT2D eigenvalue weighted by Gasteiger charge is 2.09. The lowest BCUT2D eigenvalue weighted by atomic mass is 10.1. The van der Waals surface area contributed by atoms with Gasteiger partial charge in [-0.1, -0.05) is 0 Å². The molecular formula is C13H12FNO. The molecule has 0 aliphatic rings. The normalized spacial score (nSPS) is 10.4. The number of benzene rings is 1. The summed E-state index contributed by atoms with van der Waals surface area (Å²) in [5, 5.41) is 9.85. The number of halogens is 1. The van der Waals surface area contributed by atoms with Crippen LogP contribution >= 0.6 is 0 Å². The Morgan fingerprint density at radius 2 is 1.88 bits per heavy atom. The van der Waals surface area contributed by atoms with Crippen molar-refractivity contribution in [2.75, 3.05) is 0 Å². The van der Waals surface area contributed by atoms with Crippen LogP contribution in [0.15, 0.2) is 30.5 Å². The SMILES string of the molecule is Cc1cc(-c2nccc(C)c2O)ccc1F. The number of nitrogens with zero attached hydrogens (tertiary/aromatic N) is 1. The monoisotopic (exact) mass is 217 g/mol. The minimum Gasteiger partial charge on any atom is -0.505 e. The number of hydrogen-bond acceptors (Lipinski definition) is 2. The third-order valence-electron chi connectivity index (χ3n) is 2.56. The molecule has 1 aromatic carbocycles. The molecule has 2 aromatic rings. The summed E-state index contributed by atoms with van der Waals surface area (Å²) >= 11 is 0. The van der Waals surface area contributed by atoms with E-state index >= 15 is 0 Å². The Morgan fingerprint density at radius 3 is 2.56 bits per heavy atom. The molecule has 0 radical (unpaired) electrons. The highest BCUT2D eigenvalue weighted by molar-refractivity contribution is 5.67. The molecule has 1 aromatic heterocycles. The van der Waals surface area contributed by atoms with Crippen LogP contribution in [0.3, 0.4) is 0 Å². The summed E-state index contributed by atoms with van der Waals surface area (Å²) in [7, 11) is 0. The van der Waals surface area contributed by atoms with Crippen LogP contribution < -0.4 is 0 Å². The highest BCUT2D eigenvalue weighted by atomic mass is 19.1. The molecule has 0 atom stereocenters. The lowest BCUT2D eigenvalue weighted by Crippen LogP contribution is -1.89. The molecule has 0 bridgehead atoms. The first-order valence-corrected chi connectivity index (χ1v) is 5.00. The third kappa shape index (κ3) is 1.76. The van der Waals surface area contributed by atoms with Crippen LogP contribution in [0, 0.1) is 19.7 Å². The summed E-state index contributed by atoms with van der Waals surface area (Å²) in [5.41, 5.74) is 2.51. The summed E-state index contributed by atoms with van der Waals surface area (Å²) < 4.78 is 13.1. The maximum Gasteiger partial charge on any atom is 0.144 e. The van der Waals surface area contributed by atoms with Crippen molar-refractivity contribution in [3.8, 4) is 17.0 Å². The van der Waals surface area contributed by atoms with Crippen molar-refractivity contribution < 1.29 is 9.50 Å². The molecule has 0 aliphatic carbocycles. The van der Waals surface area contributed by atoms with Crippen molar-refractivity contribution in [1.29, 1.82) is 0 Å². The predicted molar refractivity (Wildman–Crippen MR) is 60.8 cm³/mol. The van der Waals surface area contributed by atoms with Gasteiger partial charge in [0, 0.05) is 11.8 Å². The largest absolute Gasteiger partial charge is 0.505 e. The molecule has 2 nitrogen and oxygen atoms in total. The lowest BCUT2D eigenvalue weighted by molar-refractivity contribution is 0.471. The first kappa shape index (κ1) is 10.6. The first-order chi connectivity index (χ1) is 7.59. The highest BCUT2D eigenvalue weighted by Crippen LogP contribution is 2.30. The molecule has 1 heterocycles. The first-order valence-electron chi connectivity index (χ1n) is 5.00. The molecule has 82 valence electrons. The second-order valence-corrected chi connectivity index (χ2v) is 3.79. The minimum atomic E-state index is -0.254. The molecule has 0 saturated carbocycles. The molecule has 0 fully saturated rings. The number of aromatic hydroxyl groups is 1. The Bertz CT molecular complexity index is 537. The molecule has 16 heavy (non-hydrogen) atoms. The van der Waals surface area contributed by atoms with Gasteiger partial charge in [-0.25, -0.2) is 4.39 Å². The van der Waals surface area contributed by atoms with Gasteiger partial charge in [0.15, 0.2) is 0 Å². The van der Waals surface area contributed by atoms with E-state index in [2.05, 4.69) is 4.98 Å². The van der Waals surface area contributed by atoms with Crippen LogP contribution in [-0.4, -0.2) is 10.1 Å². The zero-order valence-corrected chi connectivity index (χ0v) is 9.16. The number of aryl methyl sites for hydroxylation is 2. The van der Waals surface area contributed by atoms with Crippen molar-refractivity contribution in [3.05, 3.63) is 47.4 Å². The predicted octanol–water partition coefficient (Wildman–Crippen LogP) is 3.21. The average Bonchev–Trinajstić information content (AvgIpc) is 2.26. The maximum absolute atomic E-state index is 13.1. The molecule has 0 spiro atoms. The van der Waals surface area contributed by atoms with Gasteiger partial charge in [-0.3, -0.25) is 4.98 Å². The zero-order valence-electron chi connectivity index (χ0n) is 9.16. The van der Waals surface area contributed by atoms with Gasteiger partial charge < -0.3 is 5.11 Å². The summed E-state index contributed by atoms with van der Waals surface area (Å²) in [4.78, 5) is 4.11. The van der Waals surface area contributed by atoms with Crippen molar-refractivity contribution in [2.24, 2.45) is 0 Å². The van der Waals surface area contributed by atoms with E-state index in [4.69, 9.17) is 0 Å². The van der Waals surface area contributed by atoms with Crippen LogP contribution in [0.1, 0.15) is 11.1 Å². The van der Waals surface area contributed by atoms with Crippen molar-refractivity contribution in [1.82, 2.24) is 4.98 Å². The van der Waals surface area contributed by atoms with Crippen molar-refractivity contribution in [2.45, 2.75) is 13.8 Å². The van der Waals surface area contributed by atoms with Gasteiger partial charge in [0.2, 0.25) is 0 Å². The molecule has 2 rings (SSSR count). The van der Waals surface area contributed by atoms with Gasteiger partial charge in [0.1, 0.15) is 17.3 Å². The van der Waals surface area contributed by atoms with E-state index in [9.17, 15) is 9.50 Å². The van der Waals surface area contributed by atoms with Crippen LogP contribution in [0.4, 0.5) is 4.39 Å². The summed E-state index contributed by atoms with van der Waals surface area (Å²) in [6, 6.07) is 6.41. The fraction of sp³-hybridized carbons (Fsp3) is 0.154. The fourth-order valence-corrected chi connectivity index (χ4v) is 1.55. The van der Waals surface area contributed by atoms with E-state index in [0.717, 1.165) is 11.1 Å². The molecular weight excluding hydrogens is 205 g/mol. The van der Waals surface area contributed by atoms with E-state index in [1.54, 1.807) is 38.2 Å². The summed E-state index contributed by atoms with van der Waals surface area (Å²) in [6.45, 7) is 3.49. The Kier molecular flexibility index (Phi) is 2.60. The summed E-state index contributed by atoms with van der Waals surface area (Å²) in [5.74, 6) is -0.107. The number of rotatable bonds is 1. The van der Waals surface area contributed by atoms with Crippen molar-refractivity contribution >= 4 is 0 Å². The quantitative estimate of drug-likeness (QED) is 0.795. The van der Waals surface area contributed by atoms with Gasteiger partial charge in [-0.15, -0.1) is 0 Å². The molecule has 0 aliphatic heterocycles. The van der Waals surface area contributed by atoms with E-state index in [1.807, 2.05) is 0 Å². The number of pyridine rings is 1. The van der Waals surface area contributed by atoms with Crippen molar-refractivity contribution in [3.63, 3.8) is 0 Å². The van der Waals surface area contributed by atoms with Crippen LogP contribution in [-0.2, 0) is 0 Å². The molecule has 3 heteroatoms. The smallest absolute Gasteiger partial charge is 0.144 e. The molecule has 0 unspecified atom stereocenters. The van der Waals surface area contributed by atoms with Gasteiger partial charge in [0.25, 0.3) is 0 Å². The minimum absolute atomic E-state index is 0.147. The van der Waals surface area contributed by atoms with Crippen LogP contribution in [0.5, 0.6) is 5.75 Å². The maximum atomic E-state index is 13.1. The third-order valence-corrected chi connectivity index (χ3v) is 2.56. The molecule has 1 N–H and O–H groups in total. The fourth-order valence-electron chi connectivity index (χ4n) is 1.55. The Balaban J connectivity index is 2.59. The van der Waals surface area contributed by atoms with Crippen LogP contribution in [0.2, 0.25) is 0 Å². The Morgan fingerprint density at radius 1 is 1.12 bits per heavy atom. The Labute approximate surface area is 93.4 Å². The van der Waals surface area contributed by atoms with Gasteiger partial charge in [0.05, 0.1) is 0 Å².